The van der Waals surface area contributed by atoms with E-state index in [1.165, 1.54) is 12.8 Å². The molecule has 0 bridgehead atoms. The molecule has 2 atom stereocenters. The molecule has 2 aliphatic rings. The van der Waals surface area contributed by atoms with Crippen LogP contribution in [0.2, 0.25) is 0 Å². The van der Waals surface area contributed by atoms with Gasteiger partial charge in [0.1, 0.15) is 5.69 Å². The lowest BCUT2D eigenvalue weighted by Gasteiger charge is -2.30. The zero-order valence-corrected chi connectivity index (χ0v) is 13.3. The summed E-state index contributed by atoms with van der Waals surface area (Å²) in [6.45, 7) is 0.740. The highest BCUT2D eigenvalue weighted by Gasteiger charge is 2.36. The van der Waals surface area contributed by atoms with Gasteiger partial charge in [-0.1, -0.05) is 0 Å². The van der Waals surface area contributed by atoms with E-state index in [0.717, 1.165) is 30.7 Å². The average molecular weight is 314 g/mol. The van der Waals surface area contributed by atoms with Crippen LogP contribution in [0.15, 0.2) is 24.5 Å². The molecule has 0 radical (unpaired) electrons. The molecule has 1 saturated heterocycles. The van der Waals surface area contributed by atoms with Crippen molar-refractivity contribution in [2.75, 3.05) is 6.61 Å². The molecule has 1 aliphatic heterocycles. The third kappa shape index (κ3) is 3.17. The van der Waals surface area contributed by atoms with Crippen LogP contribution in [-0.4, -0.2) is 39.4 Å². The minimum atomic E-state index is -0.0823. The predicted molar refractivity (Wildman–Crippen MR) is 85.9 cm³/mol. The molecule has 2 N–H and O–H groups in total. The molecule has 1 aliphatic carbocycles. The molecule has 4 rings (SSSR count). The fourth-order valence-corrected chi connectivity index (χ4v) is 3.26. The number of rotatable bonds is 4. The topological polar surface area (TPSA) is 71.9 Å². The number of ether oxygens (including phenoxy) is 1. The molecule has 122 valence electrons. The van der Waals surface area contributed by atoms with Gasteiger partial charge in [0, 0.05) is 37.7 Å². The Hall–Kier alpha value is -2.08. The smallest absolute Gasteiger partial charge is 0.269 e. The first-order valence-corrected chi connectivity index (χ1v) is 8.29. The summed E-state index contributed by atoms with van der Waals surface area (Å²) in [5.41, 5.74) is 2.31. The fourth-order valence-electron chi connectivity index (χ4n) is 3.26. The van der Waals surface area contributed by atoms with Crippen LogP contribution in [0.3, 0.4) is 0 Å². The Balaban J connectivity index is 1.40. The monoisotopic (exact) mass is 314 g/mol. The number of hydrogen-bond acceptors (Lipinski definition) is 3. The number of carbonyl (C=O) groups is 1. The van der Waals surface area contributed by atoms with Crippen molar-refractivity contribution in [3.8, 4) is 11.3 Å². The number of hydrogen-bond donors (Lipinski definition) is 2. The summed E-state index contributed by atoms with van der Waals surface area (Å²) in [6, 6.07) is 3.99. The number of nitrogens with zero attached hydrogens (tertiary/aromatic N) is 2. The minimum Gasteiger partial charge on any atom is -0.378 e. The lowest BCUT2D eigenvalue weighted by molar-refractivity contribution is -0.0102. The Kier molecular flexibility index (Phi) is 3.69. The second kappa shape index (κ2) is 5.85. The summed E-state index contributed by atoms with van der Waals surface area (Å²) in [7, 11) is 1.96. The summed E-state index contributed by atoms with van der Waals surface area (Å²) < 4.78 is 7.77. The number of H-pyrrole nitrogens is 1. The van der Waals surface area contributed by atoms with Crippen LogP contribution >= 0.6 is 0 Å². The third-order valence-electron chi connectivity index (χ3n) is 4.75. The van der Waals surface area contributed by atoms with E-state index in [2.05, 4.69) is 15.5 Å². The zero-order valence-electron chi connectivity index (χ0n) is 13.3. The van der Waals surface area contributed by atoms with E-state index in [-0.39, 0.29) is 11.9 Å². The van der Waals surface area contributed by atoms with Crippen LogP contribution in [0.4, 0.5) is 0 Å². The maximum Gasteiger partial charge on any atom is 0.269 e. The molecule has 0 aromatic carbocycles. The maximum atomic E-state index is 12.4. The fraction of sp³-hybridized carbons (Fsp3) is 0.529. The predicted octanol–water partition coefficient (Wildman–Crippen LogP) is 2.10. The van der Waals surface area contributed by atoms with Gasteiger partial charge in [-0.15, -0.1) is 0 Å². The van der Waals surface area contributed by atoms with E-state index >= 15 is 0 Å². The normalized spacial score (nSPS) is 24.6. The number of aromatic amines is 1. The quantitative estimate of drug-likeness (QED) is 0.908. The number of amides is 1. The molecule has 23 heavy (non-hydrogen) atoms. The van der Waals surface area contributed by atoms with Crippen molar-refractivity contribution in [3.63, 3.8) is 0 Å². The first kappa shape index (κ1) is 14.5. The Morgan fingerprint density at radius 1 is 1.43 bits per heavy atom. The second-order valence-electron chi connectivity index (χ2n) is 6.67. The first-order chi connectivity index (χ1) is 11.2. The molecule has 3 heterocycles. The molecule has 1 amide bonds. The summed E-state index contributed by atoms with van der Waals surface area (Å²) >= 11 is 0. The Morgan fingerprint density at radius 3 is 3.04 bits per heavy atom. The summed E-state index contributed by atoms with van der Waals surface area (Å²) in [6.07, 6.45) is 8.62. The van der Waals surface area contributed by atoms with E-state index in [9.17, 15) is 4.79 Å². The molecule has 2 fully saturated rings. The molecule has 2 aromatic heterocycles. The molecular weight excluding hydrogens is 292 g/mol. The lowest BCUT2D eigenvalue weighted by atomic mass is 10.00. The van der Waals surface area contributed by atoms with E-state index in [1.807, 2.05) is 36.1 Å². The second-order valence-corrected chi connectivity index (χ2v) is 6.67. The van der Waals surface area contributed by atoms with Gasteiger partial charge in [0.2, 0.25) is 0 Å². The van der Waals surface area contributed by atoms with Crippen LogP contribution in [0.1, 0.15) is 36.2 Å². The first-order valence-electron chi connectivity index (χ1n) is 8.29. The number of aryl methyl sites for hydroxylation is 1. The number of nitrogens with one attached hydrogen (secondary N) is 2. The van der Waals surface area contributed by atoms with Gasteiger partial charge in [-0.05, 0) is 43.7 Å². The van der Waals surface area contributed by atoms with E-state index in [1.54, 1.807) is 0 Å². The molecule has 6 nitrogen and oxygen atoms in total. The summed E-state index contributed by atoms with van der Waals surface area (Å²) in [5, 5.41) is 10.2. The van der Waals surface area contributed by atoms with Gasteiger partial charge < -0.3 is 14.6 Å². The lowest BCUT2D eigenvalue weighted by Crippen LogP contribution is -2.42. The van der Waals surface area contributed by atoms with Crippen molar-refractivity contribution >= 4 is 5.91 Å². The van der Waals surface area contributed by atoms with Crippen molar-refractivity contribution < 1.29 is 9.53 Å². The molecule has 1 saturated carbocycles. The molecule has 2 unspecified atom stereocenters. The van der Waals surface area contributed by atoms with Crippen molar-refractivity contribution in [2.24, 2.45) is 13.0 Å². The van der Waals surface area contributed by atoms with E-state index in [4.69, 9.17) is 4.74 Å². The average Bonchev–Trinajstić information content (AvgIpc) is 3.12. The van der Waals surface area contributed by atoms with Crippen LogP contribution in [0.25, 0.3) is 11.3 Å². The van der Waals surface area contributed by atoms with Crippen LogP contribution in [0.5, 0.6) is 0 Å². The SMILES string of the molecule is Cn1ccc(-c2cc(C(=O)NC3CCOC(C4CC4)C3)[nH]n2)c1. The number of carbonyl (C=O) groups excluding carboxylic acids is 1. The van der Waals surface area contributed by atoms with Crippen molar-refractivity contribution in [1.29, 1.82) is 0 Å². The van der Waals surface area contributed by atoms with Crippen LogP contribution in [-0.2, 0) is 11.8 Å². The van der Waals surface area contributed by atoms with Crippen molar-refractivity contribution in [3.05, 3.63) is 30.2 Å². The molecule has 6 heteroatoms. The Morgan fingerprint density at radius 2 is 2.30 bits per heavy atom. The third-order valence-corrected chi connectivity index (χ3v) is 4.75. The molecule has 0 spiro atoms. The summed E-state index contributed by atoms with van der Waals surface area (Å²) in [4.78, 5) is 12.4. The Bertz CT molecular complexity index is 701. The van der Waals surface area contributed by atoms with E-state index < -0.39 is 0 Å². The maximum absolute atomic E-state index is 12.4. The number of aromatic nitrogens is 3. The van der Waals surface area contributed by atoms with Crippen molar-refractivity contribution in [1.82, 2.24) is 20.1 Å². The van der Waals surface area contributed by atoms with Gasteiger partial charge in [0.25, 0.3) is 5.91 Å². The van der Waals surface area contributed by atoms with Crippen LogP contribution in [0, 0.1) is 5.92 Å². The molecule has 2 aromatic rings. The van der Waals surface area contributed by atoms with Gasteiger partial charge in [-0.25, -0.2) is 0 Å². The highest BCUT2D eigenvalue weighted by atomic mass is 16.5. The van der Waals surface area contributed by atoms with Gasteiger partial charge in [-0.3, -0.25) is 9.89 Å². The highest BCUT2D eigenvalue weighted by molar-refractivity contribution is 5.93. The van der Waals surface area contributed by atoms with Crippen molar-refractivity contribution in [2.45, 2.75) is 37.8 Å². The largest absolute Gasteiger partial charge is 0.378 e. The van der Waals surface area contributed by atoms with E-state index in [0.29, 0.717) is 17.7 Å². The van der Waals surface area contributed by atoms with Gasteiger partial charge in [0.05, 0.1) is 11.8 Å². The van der Waals surface area contributed by atoms with Gasteiger partial charge in [-0.2, -0.15) is 5.10 Å². The van der Waals surface area contributed by atoms with Crippen LogP contribution < -0.4 is 5.32 Å². The minimum absolute atomic E-state index is 0.0823. The molecular formula is C17H22N4O2. The zero-order chi connectivity index (χ0) is 15.8. The highest BCUT2D eigenvalue weighted by Crippen LogP contribution is 2.38. The Labute approximate surface area is 135 Å². The van der Waals surface area contributed by atoms with Gasteiger partial charge in [0.15, 0.2) is 0 Å². The standard InChI is InChI=1S/C17H22N4O2/c1-21-6-4-12(10-21)14-9-15(20-19-14)17(22)18-13-5-7-23-16(8-13)11-2-3-11/h4,6,9-11,13,16H,2-3,5,7-8H2,1H3,(H,18,22)(H,19,20). The summed E-state index contributed by atoms with van der Waals surface area (Å²) in [5.74, 6) is 0.632. The van der Waals surface area contributed by atoms with Gasteiger partial charge >= 0.3 is 0 Å².